The summed E-state index contributed by atoms with van der Waals surface area (Å²) >= 11 is 0. The average Bonchev–Trinajstić information content (AvgIpc) is 3.77. The summed E-state index contributed by atoms with van der Waals surface area (Å²) in [5.74, 6) is 0.875. The number of aryl methyl sites for hydroxylation is 1. The first-order valence-corrected chi connectivity index (χ1v) is 29.4. The molecule has 73 heavy (non-hydrogen) atoms. The van der Waals surface area contributed by atoms with Gasteiger partial charge in [-0.3, -0.25) is 9.55 Å². The van der Waals surface area contributed by atoms with E-state index < -0.39 is 14.9 Å². The Morgan fingerprint density at radius 1 is 0.479 bits per heavy atom. The first-order chi connectivity index (χ1) is 35.4. The number of phenols is 1. The van der Waals surface area contributed by atoms with Crippen molar-refractivity contribution in [3.8, 4) is 78.6 Å². The summed E-state index contributed by atoms with van der Waals surface area (Å²) < 4.78 is 28.5. The molecular formula is C68H75N3OSi. The van der Waals surface area contributed by atoms with Crippen molar-refractivity contribution in [2.75, 3.05) is 0 Å². The third kappa shape index (κ3) is 10.3. The lowest BCUT2D eigenvalue weighted by Crippen LogP contribution is -2.37. The van der Waals surface area contributed by atoms with Gasteiger partial charge in [-0.1, -0.05) is 211 Å². The number of benzene rings is 7. The van der Waals surface area contributed by atoms with Gasteiger partial charge in [-0.05, 0) is 133 Å². The molecule has 7 aromatic carbocycles. The van der Waals surface area contributed by atoms with Gasteiger partial charge in [0, 0.05) is 32.6 Å². The van der Waals surface area contributed by atoms with E-state index in [0.29, 0.717) is 22.5 Å². The molecule has 372 valence electrons. The van der Waals surface area contributed by atoms with Crippen molar-refractivity contribution in [3.05, 3.63) is 186 Å². The van der Waals surface area contributed by atoms with E-state index in [2.05, 4.69) is 229 Å². The van der Waals surface area contributed by atoms with E-state index >= 15 is 0 Å². The molecule has 5 heteroatoms. The Hall–Kier alpha value is -6.82. The summed E-state index contributed by atoms with van der Waals surface area (Å²) in [5, 5.41) is 14.0. The van der Waals surface area contributed by atoms with E-state index in [0.717, 1.165) is 83.6 Å². The first-order valence-electron chi connectivity index (χ1n) is 27.4. The molecule has 0 saturated carbocycles. The lowest BCUT2D eigenvalue weighted by molar-refractivity contribution is 0.446. The van der Waals surface area contributed by atoms with Crippen LogP contribution in [0.5, 0.6) is 5.75 Å². The SMILES string of the molecule is [2H]C([2H])([2H])c1cc(-c2ccc([Si](C)(C)C)cc2)ccc1-c1ccnc(-c2cc(-c3cccc4c3nc(-c3cc(C(C)(C)C)cc(C(C)(C)C)c3O)n4-c3ccc(C(C)(C)C)cc3-c3ccccc3)cc(C(C)(C)C)c2)c1. The molecule has 1 N–H and O–H groups in total. The Labute approximate surface area is 441 Å². The van der Waals surface area contributed by atoms with Gasteiger partial charge in [0.25, 0.3) is 0 Å². The molecule has 9 rings (SSSR count). The summed E-state index contributed by atoms with van der Waals surface area (Å²) in [6.07, 6.45) is 1.79. The van der Waals surface area contributed by atoms with E-state index in [1.165, 1.54) is 10.8 Å². The number of hydrogen-bond acceptors (Lipinski definition) is 3. The number of hydrogen-bond donors (Lipinski definition) is 1. The fourth-order valence-corrected chi connectivity index (χ4v) is 11.0. The van der Waals surface area contributed by atoms with Gasteiger partial charge in [0.15, 0.2) is 0 Å². The van der Waals surface area contributed by atoms with Gasteiger partial charge in [0.05, 0.1) is 36.1 Å². The topological polar surface area (TPSA) is 50.9 Å². The van der Waals surface area contributed by atoms with E-state index in [-0.39, 0.29) is 27.4 Å². The van der Waals surface area contributed by atoms with Crippen LogP contribution >= 0.6 is 0 Å². The van der Waals surface area contributed by atoms with Crippen molar-refractivity contribution in [1.29, 1.82) is 0 Å². The maximum absolute atomic E-state index is 12.7. The van der Waals surface area contributed by atoms with E-state index in [9.17, 15) is 5.11 Å². The predicted octanol–water partition coefficient (Wildman–Crippen LogP) is 18.2. The molecule has 0 amide bonds. The Balaban J connectivity index is 1.28. The first kappa shape index (κ1) is 47.2. The van der Waals surface area contributed by atoms with Crippen molar-refractivity contribution in [1.82, 2.24) is 14.5 Å². The van der Waals surface area contributed by atoms with Gasteiger partial charge in [-0.25, -0.2) is 4.98 Å². The molecule has 0 aliphatic carbocycles. The van der Waals surface area contributed by atoms with Gasteiger partial charge < -0.3 is 5.11 Å². The normalized spacial score (nSPS) is 13.5. The van der Waals surface area contributed by atoms with E-state index in [1.807, 2.05) is 30.3 Å². The zero-order valence-electron chi connectivity index (χ0n) is 48.8. The fourth-order valence-electron chi connectivity index (χ4n) is 9.87. The number of rotatable bonds is 8. The van der Waals surface area contributed by atoms with Gasteiger partial charge in [-0.2, -0.15) is 0 Å². The Bertz CT molecular complexity index is 3650. The molecule has 9 aromatic rings. The van der Waals surface area contributed by atoms with Crippen LogP contribution in [0.4, 0.5) is 0 Å². The minimum atomic E-state index is -2.36. The van der Waals surface area contributed by atoms with Crippen molar-refractivity contribution in [2.45, 2.75) is 131 Å². The quantitative estimate of drug-likeness (QED) is 0.154. The highest BCUT2D eigenvalue weighted by molar-refractivity contribution is 6.88. The minimum absolute atomic E-state index is 0.108. The monoisotopic (exact) mass is 981 g/mol. The number of imidazole rings is 1. The maximum atomic E-state index is 12.7. The van der Waals surface area contributed by atoms with Gasteiger partial charge in [-0.15, -0.1) is 0 Å². The number of pyridine rings is 1. The molecule has 0 spiro atoms. The second kappa shape index (κ2) is 18.6. The summed E-state index contributed by atoms with van der Waals surface area (Å²) in [6, 6.07) is 53.1. The standard InChI is InChI=1S/C68H75N3OSi/c1-43-35-46(44-25-29-53(30-26-44)73(14,15)16)27-31-54(43)47-33-34-69-59(39-47)49-36-48(37-51(38-49)66(5,6)7)55-23-20-24-61-62(55)70-64(57-41-52(67(8,9)10)42-58(63(57)72)68(11,12)13)71(61)60-32-28-50(65(2,3)4)40-56(60)45-21-18-17-19-22-45/h17-42,72H,1-16H3/i1D3. The van der Waals surface area contributed by atoms with Crippen LogP contribution in [-0.4, -0.2) is 27.7 Å². The van der Waals surface area contributed by atoms with Gasteiger partial charge in [0.1, 0.15) is 11.6 Å². The number of aromatic hydroxyl groups is 1. The minimum Gasteiger partial charge on any atom is -0.507 e. The van der Waals surface area contributed by atoms with Crippen LogP contribution in [0.25, 0.3) is 83.9 Å². The third-order valence-corrected chi connectivity index (χ3v) is 16.5. The predicted molar refractivity (Wildman–Crippen MR) is 316 cm³/mol. The molecular weight excluding hydrogens is 903 g/mol. The molecule has 0 radical (unpaired) electrons. The van der Waals surface area contributed by atoms with E-state index in [4.69, 9.17) is 14.1 Å². The second-order valence-electron chi connectivity index (χ2n) is 25.3. The maximum Gasteiger partial charge on any atom is 0.149 e. The molecule has 0 unspecified atom stereocenters. The van der Waals surface area contributed by atoms with Crippen LogP contribution in [0.3, 0.4) is 0 Å². The summed E-state index contributed by atoms with van der Waals surface area (Å²) in [5.41, 5.74) is 16.0. The third-order valence-electron chi connectivity index (χ3n) is 14.5. The van der Waals surface area contributed by atoms with Crippen molar-refractivity contribution in [2.24, 2.45) is 0 Å². The second-order valence-corrected chi connectivity index (χ2v) is 30.4. The van der Waals surface area contributed by atoms with Crippen molar-refractivity contribution in [3.63, 3.8) is 0 Å². The smallest absolute Gasteiger partial charge is 0.149 e. The zero-order valence-corrected chi connectivity index (χ0v) is 46.8. The molecule has 0 bridgehead atoms. The molecule has 0 atom stereocenters. The summed E-state index contributed by atoms with van der Waals surface area (Å²) in [4.78, 5) is 10.7. The fraction of sp³-hybridized carbons (Fsp3) is 0.294. The Morgan fingerprint density at radius 3 is 1.77 bits per heavy atom. The van der Waals surface area contributed by atoms with Crippen LogP contribution in [-0.2, 0) is 21.7 Å². The Kier molecular flexibility index (Phi) is 12.0. The highest BCUT2D eigenvalue weighted by Gasteiger charge is 2.30. The molecule has 0 aliphatic rings. The lowest BCUT2D eigenvalue weighted by Gasteiger charge is -2.28. The number of para-hydroxylation sites is 1. The highest BCUT2D eigenvalue weighted by Crippen LogP contribution is 2.46. The number of aromatic nitrogens is 3. The number of phenolic OH excluding ortho intramolecular Hbond substituents is 1. The lowest BCUT2D eigenvalue weighted by atomic mass is 9.79. The number of fused-ring (bicyclic) bond motifs is 1. The molecule has 0 saturated heterocycles. The Morgan fingerprint density at radius 2 is 1.12 bits per heavy atom. The molecule has 0 aliphatic heterocycles. The van der Waals surface area contributed by atoms with Crippen LogP contribution in [0.2, 0.25) is 19.6 Å². The van der Waals surface area contributed by atoms with Crippen LogP contribution in [0, 0.1) is 6.85 Å². The summed E-state index contributed by atoms with van der Waals surface area (Å²) in [6.45, 7) is 31.2. The summed E-state index contributed by atoms with van der Waals surface area (Å²) in [7, 11) is -1.51. The number of nitrogens with zero attached hydrogens (tertiary/aromatic N) is 3. The van der Waals surface area contributed by atoms with Gasteiger partial charge in [0.2, 0.25) is 0 Å². The van der Waals surface area contributed by atoms with Crippen molar-refractivity contribution >= 4 is 24.3 Å². The molecule has 4 nitrogen and oxygen atoms in total. The van der Waals surface area contributed by atoms with Crippen molar-refractivity contribution < 1.29 is 9.22 Å². The average molecular weight is 981 g/mol. The van der Waals surface area contributed by atoms with Crippen LogP contribution < -0.4 is 5.19 Å². The van der Waals surface area contributed by atoms with Crippen LogP contribution in [0.15, 0.2) is 158 Å². The molecule has 0 fully saturated rings. The zero-order chi connectivity index (χ0) is 55.1. The largest absolute Gasteiger partial charge is 0.507 e. The van der Waals surface area contributed by atoms with Gasteiger partial charge >= 0.3 is 0 Å². The van der Waals surface area contributed by atoms with Crippen LogP contribution in [0.1, 0.15) is 115 Å². The molecule has 2 aromatic heterocycles. The highest BCUT2D eigenvalue weighted by atomic mass is 28.3. The van der Waals surface area contributed by atoms with E-state index in [1.54, 1.807) is 6.20 Å². The molecule has 2 heterocycles.